The molecule has 130 valence electrons. The Morgan fingerprint density at radius 2 is 1.92 bits per heavy atom. The highest BCUT2D eigenvalue weighted by molar-refractivity contribution is 5.54. The van der Waals surface area contributed by atoms with Gasteiger partial charge in [-0.3, -0.25) is 4.90 Å². The summed E-state index contributed by atoms with van der Waals surface area (Å²) in [5.41, 5.74) is -0.215. The van der Waals surface area contributed by atoms with Gasteiger partial charge in [-0.05, 0) is 26.0 Å². The number of hydrogen-bond acceptors (Lipinski definition) is 5. The molecule has 0 amide bonds. The lowest BCUT2D eigenvalue weighted by Gasteiger charge is -2.35. The molecule has 0 aliphatic carbocycles. The van der Waals surface area contributed by atoms with Crippen LogP contribution in [-0.4, -0.2) is 40.3 Å². The minimum atomic E-state index is -4.36. The molecule has 2 aromatic rings. The average molecular weight is 341 g/mol. The summed E-state index contributed by atoms with van der Waals surface area (Å²) in [6.07, 6.45) is -4.22. The number of alkyl halides is 3. The van der Waals surface area contributed by atoms with E-state index in [2.05, 4.69) is 22.0 Å². The predicted molar refractivity (Wildman–Crippen MR) is 80.0 cm³/mol. The Labute approximate surface area is 137 Å². The number of ether oxygens (including phenoxy) is 1. The first-order chi connectivity index (χ1) is 11.3. The van der Waals surface area contributed by atoms with E-state index in [0.717, 1.165) is 18.7 Å². The van der Waals surface area contributed by atoms with Gasteiger partial charge in [0, 0.05) is 18.2 Å². The molecule has 0 unspecified atom stereocenters. The number of morpholine rings is 1. The molecule has 24 heavy (non-hydrogen) atoms. The predicted octanol–water partition coefficient (Wildman–Crippen LogP) is 3.36. The molecular formula is C16H18F3N3O2. The summed E-state index contributed by atoms with van der Waals surface area (Å²) in [4.78, 5) is 6.46. The first kappa shape index (κ1) is 16.9. The van der Waals surface area contributed by atoms with Gasteiger partial charge in [0.25, 0.3) is 0 Å². The molecule has 0 radical (unpaired) electrons. The average Bonchev–Trinajstić information content (AvgIpc) is 2.99. The maximum Gasteiger partial charge on any atom is 0.416 e. The number of rotatable bonds is 3. The largest absolute Gasteiger partial charge is 0.416 e. The summed E-state index contributed by atoms with van der Waals surface area (Å²) in [5.74, 6) is 0.721. The maximum atomic E-state index is 12.6. The van der Waals surface area contributed by atoms with Crippen molar-refractivity contribution in [1.82, 2.24) is 15.0 Å². The van der Waals surface area contributed by atoms with E-state index in [1.54, 1.807) is 0 Å². The second-order valence-electron chi connectivity index (χ2n) is 6.01. The second kappa shape index (κ2) is 6.52. The molecule has 1 aromatic carbocycles. The highest BCUT2D eigenvalue weighted by atomic mass is 19.4. The Kier molecular flexibility index (Phi) is 4.60. The summed E-state index contributed by atoms with van der Waals surface area (Å²) >= 11 is 0. The fraction of sp³-hybridized carbons (Fsp3) is 0.500. The Morgan fingerprint density at radius 1 is 1.21 bits per heavy atom. The van der Waals surface area contributed by atoms with E-state index in [-0.39, 0.29) is 18.0 Å². The van der Waals surface area contributed by atoms with Gasteiger partial charge in [0.1, 0.15) is 0 Å². The van der Waals surface area contributed by atoms with Crippen LogP contribution in [-0.2, 0) is 17.5 Å². The molecule has 8 heteroatoms. The zero-order chi connectivity index (χ0) is 17.3. The van der Waals surface area contributed by atoms with Gasteiger partial charge < -0.3 is 9.26 Å². The van der Waals surface area contributed by atoms with Crippen LogP contribution in [0.5, 0.6) is 0 Å². The van der Waals surface area contributed by atoms with Crippen molar-refractivity contribution in [2.75, 3.05) is 13.2 Å². The van der Waals surface area contributed by atoms with Gasteiger partial charge in [-0.25, -0.2) is 0 Å². The topological polar surface area (TPSA) is 51.4 Å². The van der Waals surface area contributed by atoms with Crippen LogP contribution in [0.3, 0.4) is 0 Å². The molecule has 0 bridgehead atoms. The van der Waals surface area contributed by atoms with Crippen LogP contribution in [0.1, 0.15) is 25.3 Å². The Hall–Kier alpha value is -1.93. The fourth-order valence-electron chi connectivity index (χ4n) is 2.61. The van der Waals surface area contributed by atoms with Gasteiger partial charge in [0.15, 0.2) is 0 Å². The Balaban J connectivity index is 1.71. The summed E-state index contributed by atoms with van der Waals surface area (Å²) in [7, 11) is 0. The van der Waals surface area contributed by atoms with E-state index in [1.807, 2.05) is 6.92 Å². The van der Waals surface area contributed by atoms with E-state index in [0.29, 0.717) is 24.6 Å². The SMILES string of the molecule is C[C@H]1CN(Cc2nc(-c3ccc(C(F)(F)F)cc3)no2)[C@@H](C)CO1. The summed E-state index contributed by atoms with van der Waals surface area (Å²) in [5, 5.41) is 3.86. The Bertz CT molecular complexity index is 685. The molecule has 2 heterocycles. The van der Waals surface area contributed by atoms with Crippen molar-refractivity contribution in [3.05, 3.63) is 35.7 Å². The van der Waals surface area contributed by atoms with E-state index >= 15 is 0 Å². The number of benzene rings is 1. The minimum Gasteiger partial charge on any atom is -0.376 e. The van der Waals surface area contributed by atoms with Crippen molar-refractivity contribution in [2.24, 2.45) is 0 Å². The van der Waals surface area contributed by atoms with Crippen LogP contribution in [0.15, 0.2) is 28.8 Å². The van der Waals surface area contributed by atoms with Crippen molar-refractivity contribution >= 4 is 0 Å². The molecule has 5 nitrogen and oxygen atoms in total. The molecule has 3 rings (SSSR count). The van der Waals surface area contributed by atoms with Crippen LogP contribution >= 0.6 is 0 Å². The molecule has 1 aliphatic rings. The first-order valence-corrected chi connectivity index (χ1v) is 7.69. The summed E-state index contributed by atoms with van der Waals surface area (Å²) < 4.78 is 48.6. The first-order valence-electron chi connectivity index (χ1n) is 7.69. The highest BCUT2D eigenvalue weighted by Gasteiger charge is 2.30. The van der Waals surface area contributed by atoms with Crippen LogP contribution in [0.25, 0.3) is 11.4 Å². The van der Waals surface area contributed by atoms with E-state index in [4.69, 9.17) is 9.26 Å². The Morgan fingerprint density at radius 3 is 2.58 bits per heavy atom. The number of aromatic nitrogens is 2. The molecule has 0 spiro atoms. The zero-order valence-electron chi connectivity index (χ0n) is 13.4. The standard InChI is InChI=1S/C16H18F3N3O2/c1-10-9-23-11(2)7-22(10)8-14-20-15(21-24-14)12-3-5-13(6-4-12)16(17,18)19/h3-6,10-11H,7-9H2,1-2H3/t10-,11-/m0/s1. The van der Waals surface area contributed by atoms with Gasteiger partial charge in [-0.2, -0.15) is 18.2 Å². The third kappa shape index (κ3) is 3.76. The molecule has 1 fully saturated rings. The molecule has 0 saturated carbocycles. The van der Waals surface area contributed by atoms with Gasteiger partial charge in [-0.1, -0.05) is 17.3 Å². The fourth-order valence-corrected chi connectivity index (χ4v) is 2.61. The van der Waals surface area contributed by atoms with Crippen LogP contribution in [0.2, 0.25) is 0 Å². The number of nitrogens with zero attached hydrogens (tertiary/aromatic N) is 3. The number of hydrogen-bond donors (Lipinski definition) is 0. The quantitative estimate of drug-likeness (QED) is 0.857. The van der Waals surface area contributed by atoms with Crippen molar-refractivity contribution < 1.29 is 22.4 Å². The number of halogens is 3. The van der Waals surface area contributed by atoms with E-state index in [1.165, 1.54) is 12.1 Å². The van der Waals surface area contributed by atoms with E-state index < -0.39 is 11.7 Å². The van der Waals surface area contributed by atoms with Gasteiger partial charge in [0.2, 0.25) is 11.7 Å². The second-order valence-corrected chi connectivity index (χ2v) is 6.01. The van der Waals surface area contributed by atoms with Crippen LogP contribution in [0.4, 0.5) is 13.2 Å². The molecular weight excluding hydrogens is 323 g/mol. The molecule has 1 aliphatic heterocycles. The van der Waals surface area contributed by atoms with Gasteiger partial charge in [0.05, 0.1) is 24.8 Å². The van der Waals surface area contributed by atoms with Gasteiger partial charge >= 0.3 is 6.18 Å². The van der Waals surface area contributed by atoms with Crippen molar-refractivity contribution in [2.45, 2.75) is 38.7 Å². The maximum absolute atomic E-state index is 12.6. The third-order valence-corrected chi connectivity index (χ3v) is 4.01. The normalized spacial score (nSPS) is 22.7. The minimum absolute atomic E-state index is 0.138. The van der Waals surface area contributed by atoms with Crippen molar-refractivity contribution in [3.63, 3.8) is 0 Å². The van der Waals surface area contributed by atoms with Crippen LogP contribution < -0.4 is 0 Å². The summed E-state index contributed by atoms with van der Waals surface area (Å²) in [6, 6.07) is 4.95. The third-order valence-electron chi connectivity index (χ3n) is 4.01. The molecule has 1 aromatic heterocycles. The molecule has 2 atom stereocenters. The lowest BCUT2D eigenvalue weighted by Crippen LogP contribution is -2.46. The lowest BCUT2D eigenvalue weighted by atomic mass is 10.1. The van der Waals surface area contributed by atoms with Gasteiger partial charge in [-0.15, -0.1) is 0 Å². The zero-order valence-corrected chi connectivity index (χ0v) is 13.4. The van der Waals surface area contributed by atoms with Crippen molar-refractivity contribution in [3.8, 4) is 11.4 Å². The smallest absolute Gasteiger partial charge is 0.376 e. The van der Waals surface area contributed by atoms with Crippen LogP contribution in [0, 0.1) is 0 Å². The molecule has 1 saturated heterocycles. The van der Waals surface area contributed by atoms with E-state index in [9.17, 15) is 13.2 Å². The van der Waals surface area contributed by atoms with Crippen molar-refractivity contribution in [1.29, 1.82) is 0 Å². The lowest BCUT2D eigenvalue weighted by molar-refractivity contribution is -0.137. The highest BCUT2D eigenvalue weighted by Crippen LogP contribution is 2.30. The monoisotopic (exact) mass is 341 g/mol. The summed E-state index contributed by atoms with van der Waals surface area (Å²) in [6.45, 7) is 5.95. The molecule has 0 N–H and O–H groups in total.